The van der Waals surface area contributed by atoms with E-state index in [0.29, 0.717) is 5.82 Å². The first-order valence-corrected chi connectivity index (χ1v) is 14.2. The molecule has 0 saturated carbocycles. The molecule has 2 aromatic heterocycles. The number of anilines is 2. The molecule has 7 rings (SSSR count). The number of hydrogen-bond acceptors (Lipinski definition) is 10. The van der Waals surface area contributed by atoms with Crippen LogP contribution in [0.2, 0.25) is 0 Å². The number of rotatable bonds is 8. The second-order valence-electron chi connectivity index (χ2n) is 11.0. The lowest BCUT2D eigenvalue weighted by molar-refractivity contribution is 0.0931. The van der Waals surface area contributed by atoms with E-state index in [2.05, 4.69) is 47.2 Å². The van der Waals surface area contributed by atoms with E-state index >= 15 is 0 Å². The van der Waals surface area contributed by atoms with Crippen LogP contribution in [-0.2, 0) is 19.4 Å². The van der Waals surface area contributed by atoms with Crippen molar-refractivity contribution in [2.75, 3.05) is 11.1 Å². The largest absolute Gasteiger partial charge is 0.394 e. The molecule has 2 aliphatic rings. The fourth-order valence-corrected chi connectivity index (χ4v) is 6.01. The summed E-state index contributed by atoms with van der Waals surface area (Å²) in [6, 6.07) is 12.9. The number of amides is 2. The summed E-state index contributed by atoms with van der Waals surface area (Å²) < 4.78 is 0. The number of hydrogen-bond donors (Lipinski definition) is 5. The third-order valence-corrected chi connectivity index (χ3v) is 8.35. The Morgan fingerprint density at radius 1 is 0.841 bits per heavy atom. The minimum absolute atomic E-state index is 0.0320. The molecule has 5 aromatic rings. The van der Waals surface area contributed by atoms with Gasteiger partial charge in [-0.25, -0.2) is 15.0 Å². The average Bonchev–Trinajstić information content (AvgIpc) is 3.82. The van der Waals surface area contributed by atoms with Gasteiger partial charge in [0.15, 0.2) is 5.82 Å². The van der Waals surface area contributed by atoms with Gasteiger partial charge in [-0.2, -0.15) is 5.10 Å². The number of nitrogens with two attached hydrogens (primary N) is 1. The zero-order valence-electron chi connectivity index (χ0n) is 23.4. The molecule has 0 fully saturated rings. The van der Waals surface area contributed by atoms with Crippen molar-refractivity contribution in [1.29, 1.82) is 0 Å². The molecule has 2 aliphatic carbocycles. The Morgan fingerprint density at radius 3 is 2.43 bits per heavy atom. The van der Waals surface area contributed by atoms with E-state index < -0.39 is 22.7 Å². The quantitative estimate of drug-likeness (QED) is 0.167. The van der Waals surface area contributed by atoms with Crippen LogP contribution in [0.1, 0.15) is 73.7 Å². The highest BCUT2D eigenvalue weighted by Gasteiger charge is 2.28. The first kappa shape index (κ1) is 27.1. The Hall–Kier alpha value is -5.72. The van der Waals surface area contributed by atoms with Gasteiger partial charge in [0.1, 0.15) is 35.4 Å². The van der Waals surface area contributed by atoms with Crippen molar-refractivity contribution in [2.24, 2.45) is 0 Å². The number of aromatic amines is 1. The molecular formula is C31H27N9O4. The number of H-pyrrole nitrogens is 1. The normalized spacial score (nSPS) is 16.8. The van der Waals surface area contributed by atoms with Gasteiger partial charge in [0.25, 0.3) is 22.7 Å². The Balaban J connectivity index is 0.986. The zero-order valence-corrected chi connectivity index (χ0v) is 23.4. The molecule has 0 bridgehead atoms. The molecule has 2 atom stereocenters. The van der Waals surface area contributed by atoms with Crippen LogP contribution in [0.4, 0.5) is 11.4 Å². The summed E-state index contributed by atoms with van der Waals surface area (Å²) in [4.78, 5) is 61.8. The third-order valence-electron chi connectivity index (χ3n) is 8.35. The number of nitrogens with zero attached hydrogens (tertiary/aromatic N) is 4. The molecule has 13 heteroatoms. The van der Waals surface area contributed by atoms with Gasteiger partial charge in [-0.05, 0) is 59.6 Å². The Kier molecular flexibility index (Phi) is 6.68. The van der Waals surface area contributed by atoms with E-state index in [-0.39, 0.29) is 41.4 Å². The van der Waals surface area contributed by atoms with Gasteiger partial charge in [-0.15, -0.1) is 0 Å². The van der Waals surface area contributed by atoms with E-state index in [9.17, 15) is 19.2 Å². The number of aromatic nitrogens is 5. The minimum Gasteiger partial charge on any atom is -0.394 e. The molecular weight excluding hydrogens is 562 g/mol. The number of fused-ring (bicyclic) bond motifs is 2. The van der Waals surface area contributed by atoms with Crippen LogP contribution in [0.5, 0.6) is 0 Å². The van der Waals surface area contributed by atoms with Crippen LogP contribution in [-0.4, -0.2) is 37.0 Å². The summed E-state index contributed by atoms with van der Waals surface area (Å²) in [5, 5.41) is 15.8. The number of nitrogen functional groups attached to an aromatic ring is 1. The van der Waals surface area contributed by atoms with Crippen molar-refractivity contribution in [3.8, 4) is 11.4 Å². The smallest absolute Gasteiger partial charge is 0.270 e. The van der Waals surface area contributed by atoms with Crippen LogP contribution in [0.3, 0.4) is 0 Å². The lowest BCUT2D eigenvalue weighted by Crippen LogP contribution is -2.37. The standard InChI is InChI=1S/C31H27N9O4/c32-25-26(28(42)27(25)41)38-22-7-4-16-2-1-15(9-20(16)22)12-33-30(43)23-11-24(35-13-34-23)31(44)39-21-8-5-17-10-18(3-6-19(17)21)29-36-14-37-40-29/h1-3,6,9-11,13-14,21-22,38H,4-5,7-8,12,32H2,(H,33,43)(H,39,44)(H,36,37,40)/t21-,22?/m0/s1. The summed E-state index contributed by atoms with van der Waals surface area (Å²) in [5.74, 6) is -0.147. The van der Waals surface area contributed by atoms with Gasteiger partial charge in [0.2, 0.25) is 0 Å². The maximum Gasteiger partial charge on any atom is 0.270 e. The summed E-state index contributed by atoms with van der Waals surface area (Å²) >= 11 is 0. The first-order chi connectivity index (χ1) is 21.4. The van der Waals surface area contributed by atoms with Crippen molar-refractivity contribution in [3.63, 3.8) is 0 Å². The van der Waals surface area contributed by atoms with Gasteiger partial charge >= 0.3 is 0 Å². The number of nitrogens with one attached hydrogen (secondary N) is 4. The molecule has 44 heavy (non-hydrogen) atoms. The predicted octanol–water partition coefficient (Wildman–Crippen LogP) is 1.89. The molecule has 0 saturated heterocycles. The number of carbonyl (C=O) groups is 2. The molecule has 1 unspecified atom stereocenters. The van der Waals surface area contributed by atoms with E-state index in [1.54, 1.807) is 0 Å². The summed E-state index contributed by atoms with van der Waals surface area (Å²) in [6.45, 7) is 0.224. The Bertz CT molecular complexity index is 2000. The molecule has 6 N–H and O–H groups in total. The topological polar surface area (TPSA) is 198 Å². The van der Waals surface area contributed by atoms with E-state index in [1.807, 2.05) is 30.3 Å². The van der Waals surface area contributed by atoms with Gasteiger partial charge < -0.3 is 21.7 Å². The average molecular weight is 590 g/mol. The van der Waals surface area contributed by atoms with Crippen molar-refractivity contribution in [2.45, 2.75) is 44.3 Å². The molecule has 0 aliphatic heterocycles. The van der Waals surface area contributed by atoms with Crippen molar-refractivity contribution in [3.05, 3.63) is 115 Å². The molecule has 0 spiro atoms. The molecule has 2 heterocycles. The SMILES string of the molecule is Nc1c(NC2CCc3ccc(CNC(=O)c4cc(C(=O)N[C@H]5CCc6cc(-c7ncn[nH]7)ccc65)ncn4)cc32)c(=O)c1=O. The van der Waals surface area contributed by atoms with Crippen molar-refractivity contribution < 1.29 is 9.59 Å². The van der Waals surface area contributed by atoms with E-state index in [4.69, 9.17) is 5.73 Å². The Labute approximate surface area is 250 Å². The van der Waals surface area contributed by atoms with Crippen molar-refractivity contribution >= 4 is 23.2 Å². The Morgan fingerprint density at radius 2 is 1.64 bits per heavy atom. The lowest BCUT2D eigenvalue weighted by atomic mass is 10.0. The maximum atomic E-state index is 13.1. The number of carbonyl (C=O) groups excluding carboxylic acids is 2. The van der Waals surface area contributed by atoms with E-state index in [1.165, 1.54) is 18.7 Å². The molecule has 3 aromatic carbocycles. The summed E-state index contributed by atoms with van der Waals surface area (Å²) in [6.07, 6.45) is 5.79. The number of aryl methyl sites for hydroxylation is 2. The van der Waals surface area contributed by atoms with Gasteiger partial charge in [-0.3, -0.25) is 24.3 Å². The van der Waals surface area contributed by atoms with E-state index in [0.717, 1.165) is 59.1 Å². The maximum absolute atomic E-state index is 13.1. The van der Waals surface area contributed by atoms with Gasteiger partial charge in [0, 0.05) is 18.2 Å². The third kappa shape index (κ3) is 4.87. The summed E-state index contributed by atoms with van der Waals surface area (Å²) in [5.41, 5.74) is 10.8. The van der Waals surface area contributed by atoms with Gasteiger partial charge in [0.05, 0.1) is 12.1 Å². The molecule has 0 radical (unpaired) electrons. The zero-order chi connectivity index (χ0) is 30.4. The lowest BCUT2D eigenvalue weighted by Gasteiger charge is -2.18. The van der Waals surface area contributed by atoms with Crippen LogP contribution < -0.4 is 32.5 Å². The van der Waals surface area contributed by atoms with Crippen LogP contribution in [0.15, 0.2) is 64.7 Å². The van der Waals surface area contributed by atoms with Gasteiger partial charge in [-0.1, -0.05) is 30.3 Å². The number of benzene rings is 2. The molecule has 13 nitrogen and oxygen atoms in total. The first-order valence-electron chi connectivity index (χ1n) is 14.2. The van der Waals surface area contributed by atoms with Crippen LogP contribution >= 0.6 is 0 Å². The van der Waals surface area contributed by atoms with Crippen molar-refractivity contribution in [1.82, 2.24) is 35.8 Å². The molecule has 2 amide bonds. The highest BCUT2D eigenvalue weighted by atomic mass is 16.2. The summed E-state index contributed by atoms with van der Waals surface area (Å²) in [7, 11) is 0. The second-order valence-corrected chi connectivity index (χ2v) is 11.0. The van der Waals surface area contributed by atoms with Crippen LogP contribution in [0.25, 0.3) is 11.4 Å². The highest BCUT2D eigenvalue weighted by molar-refractivity contribution is 5.97. The molecule has 220 valence electrons. The fourth-order valence-electron chi connectivity index (χ4n) is 6.01. The monoisotopic (exact) mass is 589 g/mol. The van der Waals surface area contributed by atoms with Crippen LogP contribution in [0, 0.1) is 0 Å². The fraction of sp³-hybridized carbons (Fsp3) is 0.226. The highest BCUT2D eigenvalue weighted by Crippen LogP contribution is 2.35. The predicted molar refractivity (Wildman–Crippen MR) is 160 cm³/mol. The second kappa shape index (κ2) is 10.8. The minimum atomic E-state index is -0.658.